The molecule has 172 valence electrons. The van der Waals surface area contributed by atoms with Crippen LogP contribution in [0.5, 0.6) is 5.75 Å². The molecule has 0 aromatic heterocycles. The number of anilines is 1. The third-order valence-corrected chi connectivity index (χ3v) is 7.01. The fraction of sp³-hybridized carbons (Fsp3) is 0. The van der Waals surface area contributed by atoms with Crippen LogP contribution in [0, 0.1) is 0 Å². The van der Waals surface area contributed by atoms with Crippen molar-refractivity contribution >= 4 is 40.8 Å². The van der Waals surface area contributed by atoms with E-state index in [9.17, 15) is 5.11 Å². The quantitative estimate of drug-likeness (QED) is 0.221. The van der Waals surface area contributed by atoms with Gasteiger partial charge in [-0.05, 0) is 58.5 Å². The van der Waals surface area contributed by atoms with E-state index in [1.54, 1.807) is 6.07 Å². The Morgan fingerprint density at radius 2 is 1.06 bits per heavy atom. The summed E-state index contributed by atoms with van der Waals surface area (Å²) in [6.45, 7) is 0. The van der Waals surface area contributed by atoms with Crippen LogP contribution in [0.15, 0.2) is 120 Å². The summed E-state index contributed by atoms with van der Waals surface area (Å²) < 4.78 is 3.51. The van der Waals surface area contributed by atoms with Crippen LogP contribution in [-0.4, -0.2) is 5.11 Å². The van der Waals surface area contributed by atoms with Crippen molar-refractivity contribution in [1.82, 2.24) is 0 Å². The molecule has 0 aliphatic rings. The molecule has 0 atom stereocenters. The molecule has 5 aromatic carbocycles. The number of nitrogens with one attached hydrogen (secondary N) is 1. The molecule has 0 heterocycles. The number of phenols is 1. The number of rotatable bonds is 6. The van der Waals surface area contributed by atoms with Gasteiger partial charge in [0.05, 0.1) is 15.6 Å². The second-order valence-corrected chi connectivity index (χ2v) is 9.67. The average Bonchev–Trinajstić information content (AvgIpc) is 2.91. The fourth-order valence-electron chi connectivity index (χ4n) is 3.97. The topological polar surface area (TPSA) is 32.3 Å². The maximum absolute atomic E-state index is 10.5. The molecule has 35 heavy (non-hydrogen) atoms. The number of hydrogen-bond acceptors (Lipinski definition) is 3. The molecule has 0 unspecified atom stereocenters. The molecule has 0 saturated heterocycles. The first-order chi connectivity index (χ1) is 17.1. The molecule has 5 aromatic rings. The van der Waals surface area contributed by atoms with E-state index in [-0.39, 0.29) is 10.8 Å². The van der Waals surface area contributed by atoms with E-state index in [1.807, 2.05) is 54.6 Å². The molecule has 0 aliphatic heterocycles. The predicted molar refractivity (Wildman–Crippen MR) is 150 cm³/mol. The lowest BCUT2D eigenvalue weighted by Gasteiger charge is -2.20. The Morgan fingerprint density at radius 1 is 0.571 bits per heavy atom. The lowest BCUT2D eigenvalue weighted by Crippen LogP contribution is -1.97. The maximum atomic E-state index is 10.5. The first-order valence-corrected chi connectivity index (χ1v) is 12.6. The lowest BCUT2D eigenvalue weighted by molar-refractivity contribution is 0.463. The van der Waals surface area contributed by atoms with Gasteiger partial charge in [0, 0.05) is 16.1 Å². The highest BCUT2D eigenvalue weighted by Crippen LogP contribution is 2.44. The molecule has 0 fully saturated rings. The Bertz CT molecular complexity index is 1400. The lowest BCUT2D eigenvalue weighted by atomic mass is 9.91. The average molecular weight is 514 g/mol. The number of hydrogen-bond donors (Lipinski definition) is 2. The molecule has 2 N–H and O–H groups in total. The zero-order valence-electron chi connectivity index (χ0n) is 18.6. The zero-order valence-corrected chi connectivity index (χ0v) is 20.9. The second kappa shape index (κ2) is 10.5. The van der Waals surface area contributed by atoms with E-state index < -0.39 is 0 Å². The summed E-state index contributed by atoms with van der Waals surface area (Å²) in [6, 6.07) is 38.5. The third-order valence-electron chi connectivity index (χ3n) is 5.67. The Hall–Kier alpha value is -3.37. The van der Waals surface area contributed by atoms with Crippen LogP contribution in [0.4, 0.5) is 5.69 Å². The standard InChI is InChI=1S/C30H21Cl2NOS/c31-24-18-27(32)30(34)28(19-24)35-33-29-25(21-12-6-2-7-13-21)16-23(20-10-4-1-5-11-20)17-26(29)22-14-8-3-9-15-22/h1-19,33-34H. The van der Waals surface area contributed by atoms with E-state index >= 15 is 0 Å². The largest absolute Gasteiger partial charge is 0.505 e. The van der Waals surface area contributed by atoms with Crippen LogP contribution >= 0.6 is 35.1 Å². The van der Waals surface area contributed by atoms with Crippen LogP contribution in [-0.2, 0) is 0 Å². The van der Waals surface area contributed by atoms with Gasteiger partial charge in [-0.3, -0.25) is 0 Å². The number of aromatic hydroxyl groups is 1. The van der Waals surface area contributed by atoms with Gasteiger partial charge in [-0.1, -0.05) is 114 Å². The minimum atomic E-state index is -0.00278. The molecular formula is C30H21Cl2NOS. The molecule has 0 amide bonds. The Balaban J connectivity index is 1.71. The summed E-state index contributed by atoms with van der Waals surface area (Å²) in [7, 11) is 0. The Kier molecular flexibility index (Phi) is 7.01. The van der Waals surface area contributed by atoms with Crippen LogP contribution < -0.4 is 4.72 Å². The smallest absolute Gasteiger partial charge is 0.149 e. The van der Waals surface area contributed by atoms with Gasteiger partial charge in [0.1, 0.15) is 5.75 Å². The minimum absolute atomic E-state index is 0.00278. The van der Waals surface area contributed by atoms with Gasteiger partial charge in [-0.25, -0.2) is 0 Å². The van der Waals surface area contributed by atoms with Gasteiger partial charge in [0.2, 0.25) is 0 Å². The number of benzene rings is 5. The summed E-state index contributed by atoms with van der Waals surface area (Å²) in [5, 5.41) is 11.2. The highest BCUT2D eigenvalue weighted by molar-refractivity contribution is 8.00. The van der Waals surface area contributed by atoms with E-state index in [0.717, 1.165) is 39.1 Å². The van der Waals surface area contributed by atoms with E-state index in [0.29, 0.717) is 9.92 Å². The molecule has 0 aliphatic carbocycles. The summed E-state index contributed by atoms with van der Waals surface area (Å²) >= 11 is 13.7. The molecule has 0 radical (unpaired) electrons. The third kappa shape index (κ3) is 5.18. The SMILES string of the molecule is Oc1c(Cl)cc(Cl)cc1SNc1c(-c2ccccc2)cc(-c2ccccc2)cc1-c1ccccc1. The second-order valence-electron chi connectivity index (χ2n) is 7.98. The van der Waals surface area contributed by atoms with Crippen LogP contribution in [0.2, 0.25) is 10.0 Å². The van der Waals surface area contributed by atoms with E-state index in [2.05, 4.69) is 53.3 Å². The molecule has 0 saturated carbocycles. The van der Waals surface area contributed by atoms with Gasteiger partial charge in [0.15, 0.2) is 0 Å². The zero-order chi connectivity index (χ0) is 24.2. The van der Waals surface area contributed by atoms with Crippen molar-refractivity contribution in [2.24, 2.45) is 0 Å². The van der Waals surface area contributed by atoms with Crippen molar-refractivity contribution < 1.29 is 5.11 Å². The molecule has 5 heteroatoms. The molecule has 0 bridgehead atoms. The van der Waals surface area contributed by atoms with Gasteiger partial charge in [0.25, 0.3) is 0 Å². The van der Waals surface area contributed by atoms with Crippen molar-refractivity contribution in [2.75, 3.05) is 4.72 Å². The van der Waals surface area contributed by atoms with Crippen LogP contribution in [0.25, 0.3) is 33.4 Å². The highest BCUT2D eigenvalue weighted by Gasteiger charge is 2.17. The van der Waals surface area contributed by atoms with Crippen LogP contribution in [0.3, 0.4) is 0 Å². The van der Waals surface area contributed by atoms with Gasteiger partial charge >= 0.3 is 0 Å². The summed E-state index contributed by atoms with van der Waals surface area (Å²) in [4.78, 5) is 0.549. The normalized spacial score (nSPS) is 10.8. The predicted octanol–water partition coefficient (Wildman–Crippen LogP) is 9.82. The van der Waals surface area contributed by atoms with E-state index in [4.69, 9.17) is 23.2 Å². The minimum Gasteiger partial charge on any atom is -0.505 e. The summed E-state index contributed by atoms with van der Waals surface area (Å²) in [5.74, 6) is -0.00278. The number of phenolic OH excluding ortho intramolecular Hbond substituents is 1. The van der Waals surface area contributed by atoms with Crippen LogP contribution in [0.1, 0.15) is 0 Å². The highest BCUT2D eigenvalue weighted by atomic mass is 35.5. The maximum Gasteiger partial charge on any atom is 0.149 e. The van der Waals surface area contributed by atoms with Crippen molar-refractivity contribution in [2.45, 2.75) is 4.90 Å². The van der Waals surface area contributed by atoms with E-state index in [1.165, 1.54) is 18.0 Å². The fourth-order valence-corrected chi connectivity index (χ4v) is 5.40. The van der Waals surface area contributed by atoms with Gasteiger partial charge in [-0.15, -0.1) is 0 Å². The monoisotopic (exact) mass is 513 g/mol. The van der Waals surface area contributed by atoms with Crippen molar-refractivity contribution in [1.29, 1.82) is 0 Å². The van der Waals surface area contributed by atoms with Crippen molar-refractivity contribution in [3.8, 4) is 39.1 Å². The van der Waals surface area contributed by atoms with Crippen molar-refractivity contribution in [3.05, 3.63) is 125 Å². The summed E-state index contributed by atoms with van der Waals surface area (Å²) in [6.07, 6.45) is 0. The summed E-state index contributed by atoms with van der Waals surface area (Å²) in [5.41, 5.74) is 7.45. The number of halogens is 2. The molecule has 2 nitrogen and oxygen atoms in total. The molecule has 5 rings (SSSR count). The molecule has 0 spiro atoms. The Morgan fingerprint density at radius 3 is 1.57 bits per heavy atom. The molecular weight excluding hydrogens is 493 g/mol. The Labute approximate surface area is 219 Å². The first kappa shape index (κ1) is 23.4. The van der Waals surface area contributed by atoms with Gasteiger partial charge in [-0.2, -0.15) is 0 Å². The van der Waals surface area contributed by atoms with Gasteiger partial charge < -0.3 is 9.83 Å². The first-order valence-electron chi connectivity index (χ1n) is 11.1. The van der Waals surface area contributed by atoms with Crippen molar-refractivity contribution in [3.63, 3.8) is 0 Å².